The van der Waals surface area contributed by atoms with E-state index in [2.05, 4.69) is 33.6 Å². The van der Waals surface area contributed by atoms with Crippen LogP contribution in [0.15, 0.2) is 15.2 Å². The van der Waals surface area contributed by atoms with Gasteiger partial charge in [0.25, 0.3) is 0 Å². The average molecular weight is 274 g/mol. The number of rotatable bonds is 1. The van der Waals surface area contributed by atoms with Gasteiger partial charge in [0.2, 0.25) is 0 Å². The van der Waals surface area contributed by atoms with Gasteiger partial charge in [0.15, 0.2) is 0 Å². The second-order valence-electron chi connectivity index (χ2n) is 4.33. The van der Waals surface area contributed by atoms with Crippen LogP contribution < -0.4 is 5.73 Å². The molecular weight excluding hydrogens is 258 g/mol. The fraction of sp³-hybridized carbons (Fsp3) is 0.636. The minimum atomic E-state index is 0.406. The van der Waals surface area contributed by atoms with E-state index in [-0.39, 0.29) is 0 Å². The molecule has 2 N–H and O–H groups in total. The highest BCUT2D eigenvalue weighted by Gasteiger charge is 2.28. The molecule has 0 aromatic carbocycles. The first-order valence-corrected chi connectivity index (χ1v) is 6.89. The maximum Gasteiger partial charge on any atom is 0.0317 e. The van der Waals surface area contributed by atoms with Crippen molar-refractivity contribution < 1.29 is 0 Å². The molecule has 0 bridgehead atoms. The first kappa shape index (κ1) is 10.7. The fourth-order valence-electron chi connectivity index (χ4n) is 2.34. The highest BCUT2D eigenvalue weighted by Crippen LogP contribution is 2.41. The third-order valence-corrected chi connectivity index (χ3v) is 5.03. The third kappa shape index (κ3) is 2.05. The molecule has 3 atom stereocenters. The molecule has 1 saturated carbocycles. The van der Waals surface area contributed by atoms with E-state index in [1.165, 1.54) is 22.9 Å². The van der Waals surface area contributed by atoms with Crippen LogP contribution in [0.1, 0.15) is 37.7 Å². The second-order valence-corrected chi connectivity index (χ2v) is 5.93. The van der Waals surface area contributed by atoms with Crippen molar-refractivity contribution in [1.82, 2.24) is 0 Å². The smallest absolute Gasteiger partial charge is 0.0317 e. The summed E-state index contributed by atoms with van der Waals surface area (Å²) >= 11 is 5.39. The zero-order valence-electron chi connectivity index (χ0n) is 8.37. The Morgan fingerprint density at radius 3 is 2.86 bits per heavy atom. The number of halogens is 1. The zero-order valence-corrected chi connectivity index (χ0v) is 10.8. The predicted octanol–water partition coefficient (Wildman–Crippen LogP) is 3.74. The molecule has 0 amide bonds. The molecule has 78 valence electrons. The van der Waals surface area contributed by atoms with Crippen LogP contribution in [-0.4, -0.2) is 6.04 Å². The van der Waals surface area contributed by atoms with Crippen LogP contribution >= 0.6 is 27.3 Å². The van der Waals surface area contributed by atoms with E-state index in [9.17, 15) is 0 Å². The van der Waals surface area contributed by atoms with Gasteiger partial charge in [-0.15, -0.1) is 0 Å². The lowest BCUT2D eigenvalue weighted by Gasteiger charge is -2.32. The van der Waals surface area contributed by atoms with Crippen LogP contribution in [0.5, 0.6) is 0 Å². The van der Waals surface area contributed by atoms with Crippen LogP contribution in [-0.2, 0) is 0 Å². The van der Waals surface area contributed by atoms with Gasteiger partial charge in [-0.05, 0) is 58.0 Å². The summed E-state index contributed by atoms with van der Waals surface area (Å²) in [5.41, 5.74) is 7.50. The van der Waals surface area contributed by atoms with Crippen LogP contribution in [0, 0.1) is 5.92 Å². The molecule has 1 heterocycles. The van der Waals surface area contributed by atoms with Crippen LogP contribution in [0.2, 0.25) is 0 Å². The van der Waals surface area contributed by atoms with Gasteiger partial charge in [-0.2, -0.15) is 11.3 Å². The molecule has 1 aromatic rings. The highest BCUT2D eigenvalue weighted by atomic mass is 79.9. The lowest BCUT2D eigenvalue weighted by Crippen LogP contribution is -2.31. The Labute approximate surface area is 97.8 Å². The first-order chi connectivity index (χ1) is 6.68. The largest absolute Gasteiger partial charge is 0.328 e. The van der Waals surface area contributed by atoms with Gasteiger partial charge < -0.3 is 5.73 Å². The molecule has 0 spiro atoms. The number of hydrogen-bond donors (Lipinski definition) is 1. The van der Waals surface area contributed by atoms with Crippen molar-refractivity contribution in [3.8, 4) is 0 Å². The third-order valence-electron chi connectivity index (χ3n) is 3.28. The zero-order chi connectivity index (χ0) is 10.1. The highest BCUT2D eigenvalue weighted by molar-refractivity contribution is 9.10. The van der Waals surface area contributed by atoms with Crippen molar-refractivity contribution >= 4 is 27.3 Å². The standard InChI is InChI=1S/C11H16BrNS/c1-7-2-3-8(13)4-9(7)10-5-14-6-11(10)12/h5-9H,2-4,13H2,1H3. The van der Waals surface area contributed by atoms with E-state index >= 15 is 0 Å². The molecule has 0 aliphatic heterocycles. The van der Waals surface area contributed by atoms with Crippen molar-refractivity contribution in [3.63, 3.8) is 0 Å². The molecule has 1 nitrogen and oxygen atoms in total. The van der Waals surface area contributed by atoms with Gasteiger partial charge in [0.1, 0.15) is 0 Å². The summed E-state index contributed by atoms with van der Waals surface area (Å²) in [6, 6.07) is 0.406. The monoisotopic (exact) mass is 273 g/mol. The lowest BCUT2D eigenvalue weighted by molar-refractivity contribution is 0.300. The molecule has 1 aliphatic carbocycles. The van der Waals surface area contributed by atoms with E-state index in [1.54, 1.807) is 11.3 Å². The van der Waals surface area contributed by atoms with Gasteiger partial charge in [0.05, 0.1) is 0 Å². The number of nitrogens with two attached hydrogens (primary N) is 1. The summed E-state index contributed by atoms with van der Waals surface area (Å²) in [5, 5.41) is 4.44. The molecule has 2 rings (SSSR count). The molecule has 1 aliphatic rings. The van der Waals surface area contributed by atoms with E-state index in [0.29, 0.717) is 12.0 Å². The molecule has 3 heteroatoms. The summed E-state index contributed by atoms with van der Waals surface area (Å²) in [7, 11) is 0. The number of hydrogen-bond acceptors (Lipinski definition) is 2. The maximum absolute atomic E-state index is 6.03. The Morgan fingerprint density at radius 2 is 2.21 bits per heavy atom. The van der Waals surface area contributed by atoms with Crippen molar-refractivity contribution in [2.24, 2.45) is 11.7 Å². The maximum atomic E-state index is 6.03. The van der Waals surface area contributed by atoms with Crippen molar-refractivity contribution in [1.29, 1.82) is 0 Å². The summed E-state index contributed by atoms with van der Waals surface area (Å²) in [6.45, 7) is 2.35. The Morgan fingerprint density at radius 1 is 1.43 bits per heavy atom. The first-order valence-electron chi connectivity index (χ1n) is 5.15. The summed E-state index contributed by atoms with van der Waals surface area (Å²) < 4.78 is 1.27. The molecule has 1 aromatic heterocycles. The van der Waals surface area contributed by atoms with E-state index in [1.807, 2.05) is 0 Å². The predicted molar refractivity (Wildman–Crippen MR) is 65.8 cm³/mol. The Balaban J connectivity index is 2.20. The summed E-state index contributed by atoms with van der Waals surface area (Å²) in [5.74, 6) is 1.44. The van der Waals surface area contributed by atoms with Crippen LogP contribution in [0.3, 0.4) is 0 Å². The Kier molecular flexibility index (Phi) is 3.30. The molecule has 14 heavy (non-hydrogen) atoms. The van der Waals surface area contributed by atoms with E-state index in [4.69, 9.17) is 5.73 Å². The Bertz CT molecular complexity index is 310. The Hall–Kier alpha value is 0.140. The van der Waals surface area contributed by atoms with E-state index < -0.39 is 0 Å². The molecule has 3 unspecified atom stereocenters. The SMILES string of the molecule is CC1CCC(N)CC1c1cscc1Br. The topological polar surface area (TPSA) is 26.0 Å². The number of thiophene rings is 1. The van der Waals surface area contributed by atoms with Crippen LogP contribution in [0.25, 0.3) is 0 Å². The quantitative estimate of drug-likeness (QED) is 0.829. The second kappa shape index (κ2) is 4.33. The van der Waals surface area contributed by atoms with Gasteiger partial charge in [0, 0.05) is 15.9 Å². The summed E-state index contributed by atoms with van der Waals surface area (Å²) in [6.07, 6.45) is 3.62. The fourth-order valence-corrected chi connectivity index (χ4v) is 4.00. The van der Waals surface area contributed by atoms with Crippen molar-refractivity contribution in [2.75, 3.05) is 0 Å². The minimum Gasteiger partial charge on any atom is -0.328 e. The van der Waals surface area contributed by atoms with Gasteiger partial charge in [-0.1, -0.05) is 6.92 Å². The molecule has 0 saturated heterocycles. The summed E-state index contributed by atoms with van der Waals surface area (Å²) in [4.78, 5) is 0. The molecule has 0 radical (unpaired) electrons. The van der Waals surface area contributed by atoms with Gasteiger partial charge >= 0.3 is 0 Å². The van der Waals surface area contributed by atoms with Gasteiger partial charge in [-0.3, -0.25) is 0 Å². The van der Waals surface area contributed by atoms with Crippen LogP contribution in [0.4, 0.5) is 0 Å². The van der Waals surface area contributed by atoms with E-state index in [0.717, 1.165) is 12.3 Å². The minimum absolute atomic E-state index is 0.406. The average Bonchev–Trinajstić information content (AvgIpc) is 2.56. The normalized spacial score (nSPS) is 33.2. The molecule has 1 fully saturated rings. The molecular formula is C11H16BrNS. The van der Waals surface area contributed by atoms with Gasteiger partial charge in [-0.25, -0.2) is 0 Å². The lowest BCUT2D eigenvalue weighted by atomic mass is 9.75. The van der Waals surface area contributed by atoms with Crippen molar-refractivity contribution in [3.05, 3.63) is 20.8 Å². The van der Waals surface area contributed by atoms with Crippen molar-refractivity contribution in [2.45, 2.75) is 38.1 Å².